The largest absolute Gasteiger partial charge is 0.508 e. The number of piperazine rings is 1. The summed E-state index contributed by atoms with van der Waals surface area (Å²) in [6.07, 6.45) is 10.3. The first-order valence-electron chi connectivity index (χ1n) is 17.4. The predicted octanol–water partition coefficient (Wildman–Crippen LogP) is 4.70. The number of aromatic nitrogens is 4. The second-order valence-corrected chi connectivity index (χ2v) is 13.9. The third-order valence-corrected chi connectivity index (χ3v) is 10.5. The molecule has 13 heteroatoms. The van der Waals surface area contributed by atoms with Crippen LogP contribution in [0.1, 0.15) is 24.8 Å². The van der Waals surface area contributed by atoms with Crippen LogP contribution in [0.15, 0.2) is 30.5 Å². The van der Waals surface area contributed by atoms with Gasteiger partial charge in [0, 0.05) is 88.1 Å². The Bertz CT molecular complexity index is 2170. The molecule has 11 nitrogen and oxygen atoms in total. The summed E-state index contributed by atoms with van der Waals surface area (Å²) < 4.78 is 51.9. The van der Waals surface area contributed by atoms with Crippen LogP contribution in [0, 0.1) is 24.0 Å². The molecule has 3 saturated heterocycles. The van der Waals surface area contributed by atoms with Gasteiger partial charge in [-0.25, -0.2) is 8.78 Å². The molecule has 0 unspecified atom stereocenters. The van der Waals surface area contributed by atoms with Crippen molar-refractivity contribution in [1.29, 1.82) is 0 Å². The SMILES string of the molecule is C#Cc1c(F)ccc2cc(O)cc(-c3c(F)c4nc(OC[C@H]5CN(C)CCO5)nc(N5[C@@H]6CC[C@H]5CN(CCCOC)C6)c4c4cn(C)nc34)c12. The van der Waals surface area contributed by atoms with E-state index in [0.717, 1.165) is 45.4 Å². The summed E-state index contributed by atoms with van der Waals surface area (Å²) in [6, 6.07) is 5.99. The molecule has 3 aliphatic heterocycles. The van der Waals surface area contributed by atoms with E-state index in [2.05, 4.69) is 20.6 Å². The topological polar surface area (TPSA) is 101 Å². The number of methoxy groups -OCH3 is 1. The number of rotatable bonds is 9. The minimum absolute atomic E-state index is 0.0316. The number of nitrogens with zero attached hydrogens (tertiary/aromatic N) is 7. The van der Waals surface area contributed by atoms with Crippen LogP contribution in [0.25, 0.3) is 43.7 Å². The first kappa shape index (κ1) is 33.5. The van der Waals surface area contributed by atoms with Crippen LogP contribution in [0.5, 0.6) is 11.8 Å². The molecule has 0 radical (unpaired) electrons. The average molecular weight is 698 g/mol. The van der Waals surface area contributed by atoms with Gasteiger partial charge in [0.05, 0.1) is 17.6 Å². The van der Waals surface area contributed by atoms with Gasteiger partial charge in [-0.2, -0.15) is 15.1 Å². The van der Waals surface area contributed by atoms with Crippen molar-refractivity contribution >= 4 is 38.4 Å². The first-order valence-corrected chi connectivity index (χ1v) is 17.4. The Labute approximate surface area is 294 Å². The van der Waals surface area contributed by atoms with E-state index < -0.39 is 11.6 Å². The molecular formula is C38H41F2N7O4. The fourth-order valence-corrected chi connectivity index (χ4v) is 8.26. The summed E-state index contributed by atoms with van der Waals surface area (Å²) in [6.45, 7) is 5.63. The predicted molar refractivity (Wildman–Crippen MR) is 191 cm³/mol. The van der Waals surface area contributed by atoms with Crippen LogP contribution in [0.3, 0.4) is 0 Å². The molecule has 3 aliphatic rings. The van der Waals surface area contributed by atoms with Crippen LogP contribution in [-0.4, -0.2) is 120 Å². The van der Waals surface area contributed by atoms with Gasteiger partial charge in [0.15, 0.2) is 5.82 Å². The van der Waals surface area contributed by atoms with Crippen LogP contribution >= 0.6 is 0 Å². The second-order valence-electron chi connectivity index (χ2n) is 13.9. The standard InChI is InChI=1S/C38H41F2N7O4/c1-5-27-30(39)10-7-22-15-25(48)16-28(31(22)27)32-34(40)36-33(29-20-45(3)43-35(29)32)37(42-38(41-36)51-21-26-19-44(2)12-14-50-26)47-23-8-9-24(47)18-46(17-23)11-6-13-49-4/h1,7,10,15-16,20,23-24,26,48H,6,8-9,11-14,17-19,21H2,2-4H3/t23-,24+,26-/m1/s1. The quantitative estimate of drug-likeness (QED) is 0.172. The minimum atomic E-state index is -0.692. The van der Waals surface area contributed by atoms with Crippen molar-refractivity contribution in [3.05, 3.63) is 47.7 Å². The van der Waals surface area contributed by atoms with Gasteiger partial charge in [-0.3, -0.25) is 9.58 Å². The normalized spacial score (nSPS) is 21.3. The van der Waals surface area contributed by atoms with Crippen molar-refractivity contribution in [1.82, 2.24) is 29.5 Å². The number of terminal acetylenes is 1. The number of likely N-dealkylation sites (tertiary alicyclic amines) is 1. The van der Waals surface area contributed by atoms with Crippen molar-refractivity contribution in [2.75, 3.05) is 71.6 Å². The van der Waals surface area contributed by atoms with Gasteiger partial charge < -0.3 is 29.1 Å². The molecule has 5 aromatic rings. The highest BCUT2D eigenvalue weighted by atomic mass is 19.1. The Morgan fingerprint density at radius 3 is 2.61 bits per heavy atom. The third-order valence-electron chi connectivity index (χ3n) is 10.5. The molecule has 2 bridgehead atoms. The maximum Gasteiger partial charge on any atom is 0.319 e. The molecule has 1 N–H and O–H groups in total. The number of aromatic hydroxyl groups is 1. The molecule has 5 heterocycles. The molecule has 3 atom stereocenters. The van der Waals surface area contributed by atoms with Crippen molar-refractivity contribution in [2.24, 2.45) is 7.05 Å². The van der Waals surface area contributed by atoms with Gasteiger partial charge >= 0.3 is 6.01 Å². The molecule has 266 valence electrons. The van der Waals surface area contributed by atoms with Crippen molar-refractivity contribution in [3.63, 3.8) is 0 Å². The van der Waals surface area contributed by atoms with Crippen molar-refractivity contribution in [2.45, 2.75) is 37.5 Å². The number of fused-ring (bicyclic) bond motifs is 6. The summed E-state index contributed by atoms with van der Waals surface area (Å²) in [4.78, 5) is 16.8. The second kappa shape index (κ2) is 13.5. The number of morpholine rings is 1. The molecule has 3 fully saturated rings. The summed E-state index contributed by atoms with van der Waals surface area (Å²) in [5.41, 5.74) is 0.607. The molecular weight excluding hydrogens is 656 g/mol. The van der Waals surface area contributed by atoms with E-state index in [4.69, 9.17) is 35.7 Å². The highest BCUT2D eigenvalue weighted by Gasteiger charge is 2.42. The monoisotopic (exact) mass is 697 g/mol. The highest BCUT2D eigenvalue weighted by Crippen LogP contribution is 2.46. The van der Waals surface area contributed by atoms with E-state index in [1.165, 1.54) is 24.3 Å². The van der Waals surface area contributed by atoms with Gasteiger partial charge in [0.25, 0.3) is 0 Å². The number of hydrogen-bond acceptors (Lipinski definition) is 10. The first-order chi connectivity index (χ1) is 24.7. The highest BCUT2D eigenvalue weighted by molar-refractivity contribution is 6.18. The lowest BCUT2D eigenvalue weighted by Crippen LogP contribution is -2.54. The van der Waals surface area contributed by atoms with Crippen LogP contribution < -0.4 is 9.64 Å². The zero-order valence-corrected chi connectivity index (χ0v) is 29.0. The lowest BCUT2D eigenvalue weighted by molar-refractivity contribution is -0.0416. The number of hydrogen-bond donors (Lipinski definition) is 1. The molecule has 3 aromatic carbocycles. The number of ether oxygens (including phenoxy) is 3. The van der Waals surface area contributed by atoms with Gasteiger partial charge in [0.2, 0.25) is 0 Å². The van der Waals surface area contributed by atoms with E-state index >= 15 is 8.78 Å². The molecule has 51 heavy (non-hydrogen) atoms. The molecule has 0 aliphatic carbocycles. The van der Waals surface area contributed by atoms with E-state index in [-0.39, 0.29) is 58.8 Å². The van der Waals surface area contributed by atoms with Crippen LogP contribution in [0.4, 0.5) is 14.6 Å². The maximum absolute atomic E-state index is 17.6. The molecule has 0 spiro atoms. The van der Waals surface area contributed by atoms with Gasteiger partial charge in [-0.1, -0.05) is 12.0 Å². The molecule has 2 aromatic heterocycles. The number of anilines is 1. The number of likely N-dealkylation sites (N-methyl/N-ethyl adjacent to an activating group) is 1. The molecule has 0 saturated carbocycles. The van der Waals surface area contributed by atoms with E-state index in [1.807, 2.05) is 13.2 Å². The molecule has 8 rings (SSSR count). The zero-order chi connectivity index (χ0) is 35.4. The lowest BCUT2D eigenvalue weighted by atomic mass is 9.91. The Morgan fingerprint density at radius 2 is 1.86 bits per heavy atom. The summed E-state index contributed by atoms with van der Waals surface area (Å²) in [5.74, 6) is 1.60. The van der Waals surface area contributed by atoms with Gasteiger partial charge in [0.1, 0.15) is 41.1 Å². The van der Waals surface area contributed by atoms with Crippen LogP contribution in [-0.2, 0) is 16.5 Å². The van der Waals surface area contributed by atoms with Crippen molar-refractivity contribution < 1.29 is 28.1 Å². The lowest BCUT2D eigenvalue weighted by Gasteiger charge is -2.42. The Hall–Kier alpha value is -4.61. The Balaban J connectivity index is 1.34. The summed E-state index contributed by atoms with van der Waals surface area (Å²) >= 11 is 0. The smallest absolute Gasteiger partial charge is 0.319 e. The summed E-state index contributed by atoms with van der Waals surface area (Å²) in [7, 11) is 5.52. The summed E-state index contributed by atoms with van der Waals surface area (Å²) in [5, 5.41) is 17.5. The number of phenolic OH excluding ortho intramolecular Hbond substituents is 1. The maximum atomic E-state index is 17.6. The Morgan fingerprint density at radius 1 is 1.06 bits per heavy atom. The van der Waals surface area contributed by atoms with Gasteiger partial charge in [-0.15, -0.1) is 6.42 Å². The van der Waals surface area contributed by atoms with Gasteiger partial charge in [-0.05, 0) is 55.5 Å². The number of aryl methyl sites for hydroxylation is 1. The number of phenols is 1. The number of halogens is 2. The number of benzene rings is 3. The van der Waals surface area contributed by atoms with E-state index in [9.17, 15) is 5.11 Å². The zero-order valence-electron chi connectivity index (χ0n) is 29.0. The molecule has 0 amide bonds. The average Bonchev–Trinajstić information content (AvgIpc) is 3.62. The van der Waals surface area contributed by atoms with E-state index in [0.29, 0.717) is 52.6 Å². The fourth-order valence-electron chi connectivity index (χ4n) is 8.26. The van der Waals surface area contributed by atoms with E-state index in [1.54, 1.807) is 18.8 Å². The minimum Gasteiger partial charge on any atom is -0.508 e. The van der Waals surface area contributed by atoms with Crippen molar-refractivity contribution in [3.8, 4) is 35.2 Å². The third kappa shape index (κ3) is 6.00. The Kier molecular flexibility index (Phi) is 8.88. The van der Waals surface area contributed by atoms with Crippen LogP contribution in [0.2, 0.25) is 0 Å². The fraction of sp³-hybridized carbons (Fsp3) is 0.447.